The second-order valence-electron chi connectivity index (χ2n) is 4.41. The predicted octanol–water partition coefficient (Wildman–Crippen LogP) is 2.99. The molecule has 0 spiro atoms. The Morgan fingerprint density at radius 1 is 1.25 bits per heavy atom. The molecule has 1 aromatic rings. The van der Waals surface area contributed by atoms with Gasteiger partial charge in [0.05, 0.1) is 12.7 Å². The molecule has 1 N–H and O–H groups in total. The van der Waals surface area contributed by atoms with Gasteiger partial charge in [-0.05, 0) is 18.9 Å². The molecule has 0 saturated heterocycles. The van der Waals surface area contributed by atoms with E-state index in [0.29, 0.717) is 18.4 Å². The van der Waals surface area contributed by atoms with E-state index in [9.17, 15) is 9.50 Å². The van der Waals surface area contributed by atoms with Crippen LogP contribution in [0.5, 0.6) is 5.75 Å². The molecule has 0 heterocycles. The zero-order chi connectivity index (χ0) is 11.6. The van der Waals surface area contributed by atoms with Crippen molar-refractivity contribution in [3.05, 3.63) is 29.6 Å². The number of hydrogen-bond acceptors (Lipinski definition) is 2. The van der Waals surface area contributed by atoms with Crippen LogP contribution < -0.4 is 4.74 Å². The number of para-hydroxylation sites is 1. The zero-order valence-corrected chi connectivity index (χ0v) is 9.50. The van der Waals surface area contributed by atoms with Gasteiger partial charge in [-0.25, -0.2) is 4.39 Å². The maximum Gasteiger partial charge on any atom is 0.165 e. The number of halogens is 1. The lowest BCUT2D eigenvalue weighted by Gasteiger charge is -2.33. The van der Waals surface area contributed by atoms with E-state index in [-0.39, 0.29) is 5.75 Å². The molecule has 2 rings (SSSR count). The molecule has 0 aromatic heterocycles. The number of benzene rings is 1. The molecule has 1 aliphatic rings. The fourth-order valence-corrected chi connectivity index (χ4v) is 2.49. The zero-order valence-electron chi connectivity index (χ0n) is 9.50. The fourth-order valence-electron chi connectivity index (χ4n) is 2.49. The topological polar surface area (TPSA) is 29.5 Å². The van der Waals surface area contributed by atoms with Crippen LogP contribution in [0.15, 0.2) is 18.2 Å². The summed E-state index contributed by atoms with van der Waals surface area (Å²) in [5.41, 5.74) is -0.319. The first-order valence-electron chi connectivity index (χ1n) is 5.73. The van der Waals surface area contributed by atoms with E-state index in [1.54, 1.807) is 12.1 Å². The molecule has 3 heteroatoms. The highest BCUT2D eigenvalue weighted by molar-refractivity contribution is 5.39. The first-order chi connectivity index (χ1) is 7.67. The molecule has 0 unspecified atom stereocenters. The summed E-state index contributed by atoms with van der Waals surface area (Å²) in [4.78, 5) is 0. The monoisotopic (exact) mass is 224 g/mol. The van der Waals surface area contributed by atoms with Crippen molar-refractivity contribution >= 4 is 0 Å². The van der Waals surface area contributed by atoms with E-state index in [2.05, 4.69) is 0 Å². The fraction of sp³-hybridized carbons (Fsp3) is 0.538. The molecule has 0 atom stereocenters. The van der Waals surface area contributed by atoms with E-state index in [1.165, 1.54) is 13.2 Å². The van der Waals surface area contributed by atoms with Crippen LogP contribution in [0, 0.1) is 5.82 Å². The van der Waals surface area contributed by atoms with Gasteiger partial charge in [-0.3, -0.25) is 0 Å². The lowest BCUT2D eigenvalue weighted by Crippen LogP contribution is -2.29. The second-order valence-corrected chi connectivity index (χ2v) is 4.41. The summed E-state index contributed by atoms with van der Waals surface area (Å²) >= 11 is 0. The minimum atomic E-state index is -0.911. The van der Waals surface area contributed by atoms with Gasteiger partial charge in [-0.2, -0.15) is 0 Å². The minimum Gasteiger partial charge on any atom is -0.493 e. The van der Waals surface area contributed by atoms with Crippen molar-refractivity contribution in [1.82, 2.24) is 0 Å². The highest BCUT2D eigenvalue weighted by Crippen LogP contribution is 2.41. The Balaban J connectivity index is 2.41. The Bertz CT molecular complexity index is 370. The van der Waals surface area contributed by atoms with Gasteiger partial charge in [0.2, 0.25) is 0 Å². The quantitative estimate of drug-likeness (QED) is 0.836. The van der Waals surface area contributed by atoms with Crippen molar-refractivity contribution in [1.29, 1.82) is 0 Å². The van der Waals surface area contributed by atoms with E-state index < -0.39 is 11.4 Å². The number of ether oxygens (including phenoxy) is 1. The van der Waals surface area contributed by atoms with Crippen molar-refractivity contribution in [2.75, 3.05) is 7.11 Å². The van der Waals surface area contributed by atoms with Gasteiger partial charge in [0.15, 0.2) is 11.6 Å². The normalized spacial score (nSPS) is 19.4. The summed E-state index contributed by atoms with van der Waals surface area (Å²) in [5.74, 6) is -0.217. The summed E-state index contributed by atoms with van der Waals surface area (Å²) in [5, 5.41) is 10.5. The third kappa shape index (κ3) is 1.92. The van der Waals surface area contributed by atoms with Crippen LogP contribution in [0.1, 0.15) is 37.7 Å². The van der Waals surface area contributed by atoms with Crippen LogP contribution in [0.25, 0.3) is 0 Å². The van der Waals surface area contributed by atoms with Gasteiger partial charge in [-0.1, -0.05) is 31.4 Å². The maximum absolute atomic E-state index is 13.5. The largest absolute Gasteiger partial charge is 0.493 e. The predicted molar refractivity (Wildman–Crippen MR) is 59.9 cm³/mol. The van der Waals surface area contributed by atoms with Gasteiger partial charge in [0, 0.05) is 5.56 Å². The average molecular weight is 224 g/mol. The van der Waals surface area contributed by atoms with E-state index in [4.69, 9.17) is 4.74 Å². The van der Waals surface area contributed by atoms with Gasteiger partial charge in [-0.15, -0.1) is 0 Å². The van der Waals surface area contributed by atoms with E-state index in [1.807, 2.05) is 0 Å². The van der Waals surface area contributed by atoms with Crippen LogP contribution in [-0.2, 0) is 5.60 Å². The van der Waals surface area contributed by atoms with E-state index in [0.717, 1.165) is 19.3 Å². The van der Waals surface area contributed by atoms with Gasteiger partial charge in [0.25, 0.3) is 0 Å². The SMILES string of the molecule is COc1c(F)cccc1C1(O)CCCCC1. The summed E-state index contributed by atoms with van der Waals surface area (Å²) in [6, 6.07) is 4.74. The first kappa shape index (κ1) is 11.4. The molecule has 0 radical (unpaired) electrons. The second kappa shape index (κ2) is 4.42. The average Bonchev–Trinajstić information content (AvgIpc) is 2.29. The molecular weight excluding hydrogens is 207 g/mol. The molecule has 2 nitrogen and oxygen atoms in total. The molecule has 88 valence electrons. The summed E-state index contributed by atoms with van der Waals surface area (Å²) in [6.07, 6.45) is 4.48. The lowest BCUT2D eigenvalue weighted by molar-refractivity contribution is -0.00300. The summed E-state index contributed by atoms with van der Waals surface area (Å²) in [6.45, 7) is 0. The smallest absolute Gasteiger partial charge is 0.165 e. The third-order valence-corrected chi connectivity index (χ3v) is 3.35. The van der Waals surface area contributed by atoms with Crippen molar-refractivity contribution < 1.29 is 14.2 Å². The Labute approximate surface area is 95.1 Å². The highest BCUT2D eigenvalue weighted by Gasteiger charge is 2.34. The molecule has 0 amide bonds. The number of methoxy groups -OCH3 is 1. The number of hydrogen-bond donors (Lipinski definition) is 1. The molecule has 1 aromatic carbocycles. The third-order valence-electron chi connectivity index (χ3n) is 3.35. The number of rotatable bonds is 2. The van der Waals surface area contributed by atoms with Crippen molar-refractivity contribution in [3.63, 3.8) is 0 Å². The van der Waals surface area contributed by atoms with Crippen LogP contribution in [0.4, 0.5) is 4.39 Å². The molecule has 1 aliphatic carbocycles. The summed E-state index contributed by atoms with van der Waals surface area (Å²) < 4.78 is 18.6. The van der Waals surface area contributed by atoms with Crippen LogP contribution in [-0.4, -0.2) is 12.2 Å². The molecule has 16 heavy (non-hydrogen) atoms. The molecule has 1 fully saturated rings. The van der Waals surface area contributed by atoms with Crippen molar-refractivity contribution in [2.24, 2.45) is 0 Å². The van der Waals surface area contributed by atoms with Crippen molar-refractivity contribution in [2.45, 2.75) is 37.7 Å². The molecule has 0 aliphatic heterocycles. The van der Waals surface area contributed by atoms with Crippen LogP contribution in [0.3, 0.4) is 0 Å². The maximum atomic E-state index is 13.5. The highest BCUT2D eigenvalue weighted by atomic mass is 19.1. The van der Waals surface area contributed by atoms with Gasteiger partial charge in [0.1, 0.15) is 0 Å². The Kier molecular flexibility index (Phi) is 3.15. The standard InChI is InChI=1S/C13H17FO2/c1-16-12-10(6-5-7-11(12)14)13(15)8-3-2-4-9-13/h5-7,15H,2-4,8-9H2,1H3. The Morgan fingerprint density at radius 3 is 2.56 bits per heavy atom. The minimum absolute atomic E-state index is 0.187. The Hall–Kier alpha value is -1.09. The summed E-state index contributed by atoms with van der Waals surface area (Å²) in [7, 11) is 1.44. The van der Waals surface area contributed by atoms with Crippen LogP contribution in [0.2, 0.25) is 0 Å². The van der Waals surface area contributed by atoms with Crippen LogP contribution >= 0.6 is 0 Å². The number of aliphatic hydroxyl groups is 1. The van der Waals surface area contributed by atoms with Gasteiger partial charge >= 0.3 is 0 Å². The van der Waals surface area contributed by atoms with Crippen molar-refractivity contribution in [3.8, 4) is 5.75 Å². The lowest BCUT2D eigenvalue weighted by atomic mass is 9.79. The molecule has 0 bridgehead atoms. The molecule has 1 saturated carbocycles. The Morgan fingerprint density at radius 2 is 1.94 bits per heavy atom. The first-order valence-corrected chi connectivity index (χ1v) is 5.73. The van der Waals surface area contributed by atoms with E-state index >= 15 is 0 Å². The van der Waals surface area contributed by atoms with Gasteiger partial charge < -0.3 is 9.84 Å². The molecular formula is C13H17FO2.